The lowest BCUT2D eigenvalue weighted by Gasteiger charge is -2.28. The highest BCUT2D eigenvalue weighted by Gasteiger charge is 2.48. The average molecular weight is 256 g/mol. The molecule has 1 aromatic rings. The number of ether oxygens (including phenoxy) is 1. The Morgan fingerprint density at radius 3 is 2.74 bits per heavy atom. The summed E-state index contributed by atoms with van der Waals surface area (Å²) in [6.45, 7) is 1.66. The highest BCUT2D eigenvalue weighted by Crippen LogP contribution is 2.54. The van der Waals surface area contributed by atoms with E-state index in [2.05, 4.69) is 35.6 Å². The van der Waals surface area contributed by atoms with E-state index in [-0.39, 0.29) is 0 Å². The molecule has 3 heteroatoms. The van der Waals surface area contributed by atoms with E-state index >= 15 is 0 Å². The van der Waals surface area contributed by atoms with Gasteiger partial charge in [-0.1, -0.05) is 30.3 Å². The Balaban J connectivity index is 1.66. The molecule has 1 aromatic carbocycles. The van der Waals surface area contributed by atoms with Crippen molar-refractivity contribution in [3.05, 3.63) is 35.9 Å². The number of aliphatic imine (C=N–C) groups is 1. The number of amidine groups is 1. The monoisotopic (exact) mass is 256 g/mol. The maximum atomic E-state index is 5.55. The number of nitrogens with one attached hydrogen (secondary N) is 1. The molecular formula is C16H20N2O. The van der Waals surface area contributed by atoms with Crippen LogP contribution in [0.1, 0.15) is 30.7 Å². The third-order valence-corrected chi connectivity index (χ3v) is 4.94. The van der Waals surface area contributed by atoms with Crippen molar-refractivity contribution >= 4 is 6.02 Å². The molecule has 3 nitrogen and oxygen atoms in total. The second kappa shape index (κ2) is 4.55. The largest absolute Gasteiger partial charge is 0.463 e. The summed E-state index contributed by atoms with van der Waals surface area (Å²) in [6, 6.07) is 12.1. The number of nitrogens with zero attached hydrogens (tertiary/aromatic N) is 1. The van der Waals surface area contributed by atoms with Crippen LogP contribution in [-0.4, -0.2) is 25.2 Å². The molecule has 2 aliphatic carbocycles. The normalized spacial score (nSPS) is 38.4. The molecule has 19 heavy (non-hydrogen) atoms. The minimum absolute atomic E-state index is 0.418. The topological polar surface area (TPSA) is 33.6 Å². The summed E-state index contributed by atoms with van der Waals surface area (Å²) in [6.07, 6.45) is 4.07. The Kier molecular flexibility index (Phi) is 2.71. The summed E-state index contributed by atoms with van der Waals surface area (Å²) in [7, 11) is 0. The third kappa shape index (κ3) is 1.92. The maximum Gasteiger partial charge on any atom is 0.285 e. The van der Waals surface area contributed by atoms with Crippen molar-refractivity contribution in [3.63, 3.8) is 0 Å². The lowest BCUT2D eigenvalue weighted by molar-refractivity contribution is 0.329. The van der Waals surface area contributed by atoms with Crippen LogP contribution < -0.4 is 5.32 Å². The van der Waals surface area contributed by atoms with E-state index in [4.69, 9.17) is 9.73 Å². The van der Waals surface area contributed by atoms with Crippen molar-refractivity contribution in [1.29, 1.82) is 0 Å². The Morgan fingerprint density at radius 1 is 1.11 bits per heavy atom. The van der Waals surface area contributed by atoms with Crippen LogP contribution in [0.5, 0.6) is 0 Å². The van der Waals surface area contributed by atoms with Gasteiger partial charge in [0.1, 0.15) is 6.61 Å². The van der Waals surface area contributed by atoms with Crippen LogP contribution in [0.4, 0.5) is 0 Å². The molecule has 0 spiro atoms. The molecule has 0 radical (unpaired) electrons. The fourth-order valence-electron chi connectivity index (χ4n) is 4.17. The van der Waals surface area contributed by atoms with Gasteiger partial charge < -0.3 is 10.1 Å². The zero-order valence-corrected chi connectivity index (χ0v) is 11.1. The van der Waals surface area contributed by atoms with Gasteiger partial charge in [0.2, 0.25) is 0 Å². The summed E-state index contributed by atoms with van der Waals surface area (Å²) < 4.78 is 5.55. The first-order valence-electron chi connectivity index (χ1n) is 7.41. The van der Waals surface area contributed by atoms with Gasteiger partial charge in [-0.15, -0.1) is 0 Å². The Bertz CT molecular complexity index is 477. The van der Waals surface area contributed by atoms with Gasteiger partial charge in [0, 0.05) is 5.92 Å². The number of rotatable bonds is 2. The molecule has 1 saturated heterocycles. The first-order chi connectivity index (χ1) is 9.42. The lowest BCUT2D eigenvalue weighted by Crippen LogP contribution is -2.28. The molecular weight excluding hydrogens is 236 g/mol. The van der Waals surface area contributed by atoms with Crippen LogP contribution in [0.2, 0.25) is 0 Å². The van der Waals surface area contributed by atoms with Crippen molar-refractivity contribution in [1.82, 2.24) is 5.32 Å². The maximum absolute atomic E-state index is 5.55. The summed E-state index contributed by atoms with van der Waals surface area (Å²) in [5.41, 5.74) is 1.46. The molecule has 100 valence electrons. The molecule has 1 heterocycles. The molecule has 1 aliphatic heterocycles. The minimum atomic E-state index is 0.418. The SMILES string of the molecule is c1ccc(C2C3CCC(C3)C2N=C2NCCO2)cc1. The van der Waals surface area contributed by atoms with Crippen molar-refractivity contribution in [2.75, 3.05) is 13.2 Å². The fraction of sp³-hybridized carbons (Fsp3) is 0.562. The van der Waals surface area contributed by atoms with Gasteiger partial charge in [0.25, 0.3) is 6.02 Å². The smallest absolute Gasteiger partial charge is 0.285 e. The molecule has 0 aromatic heterocycles. The number of hydrogen-bond donors (Lipinski definition) is 1. The second-order valence-electron chi connectivity index (χ2n) is 5.97. The summed E-state index contributed by atoms with van der Waals surface area (Å²) >= 11 is 0. The number of fused-ring (bicyclic) bond motifs is 2. The number of hydrogen-bond acceptors (Lipinski definition) is 2. The quantitative estimate of drug-likeness (QED) is 0.882. The van der Waals surface area contributed by atoms with E-state index < -0.39 is 0 Å². The van der Waals surface area contributed by atoms with Gasteiger partial charge in [0.05, 0.1) is 12.6 Å². The van der Waals surface area contributed by atoms with Crippen LogP contribution >= 0.6 is 0 Å². The Hall–Kier alpha value is -1.51. The van der Waals surface area contributed by atoms with Crippen LogP contribution in [0.3, 0.4) is 0 Å². The number of benzene rings is 1. The van der Waals surface area contributed by atoms with Gasteiger partial charge in [-0.3, -0.25) is 0 Å². The highest BCUT2D eigenvalue weighted by molar-refractivity contribution is 5.75. The summed E-state index contributed by atoms with van der Waals surface area (Å²) in [5.74, 6) is 2.18. The van der Waals surface area contributed by atoms with Crippen LogP contribution in [0.15, 0.2) is 35.3 Å². The molecule has 4 rings (SSSR count). The van der Waals surface area contributed by atoms with Crippen molar-refractivity contribution in [2.45, 2.75) is 31.2 Å². The van der Waals surface area contributed by atoms with Gasteiger partial charge in [-0.25, -0.2) is 4.99 Å². The van der Waals surface area contributed by atoms with E-state index in [1.54, 1.807) is 0 Å². The fourth-order valence-corrected chi connectivity index (χ4v) is 4.17. The molecule has 3 fully saturated rings. The highest BCUT2D eigenvalue weighted by atomic mass is 16.5. The predicted octanol–water partition coefficient (Wildman–Crippen LogP) is 2.54. The van der Waals surface area contributed by atoms with Crippen LogP contribution in [0.25, 0.3) is 0 Å². The molecule has 0 amide bonds. The van der Waals surface area contributed by atoms with E-state index in [9.17, 15) is 0 Å². The van der Waals surface area contributed by atoms with E-state index in [1.165, 1.54) is 24.8 Å². The van der Waals surface area contributed by atoms with Gasteiger partial charge in [-0.05, 0) is 36.7 Å². The van der Waals surface area contributed by atoms with Crippen molar-refractivity contribution in [3.8, 4) is 0 Å². The molecule has 2 saturated carbocycles. The van der Waals surface area contributed by atoms with E-state index in [0.29, 0.717) is 12.0 Å². The van der Waals surface area contributed by atoms with Crippen molar-refractivity contribution in [2.24, 2.45) is 16.8 Å². The summed E-state index contributed by atoms with van der Waals surface area (Å²) in [4.78, 5) is 4.90. The standard InChI is InChI=1S/C16H20N2O/c1-2-4-11(5-3-1)14-12-6-7-13(10-12)15(14)18-16-17-8-9-19-16/h1-5,12-15H,6-10H2,(H,17,18). The van der Waals surface area contributed by atoms with Gasteiger partial charge in [0.15, 0.2) is 0 Å². The van der Waals surface area contributed by atoms with Crippen LogP contribution in [-0.2, 0) is 4.74 Å². The predicted molar refractivity (Wildman–Crippen MR) is 75.2 cm³/mol. The molecule has 3 aliphatic rings. The average Bonchev–Trinajstić information content (AvgIpc) is 3.16. The summed E-state index contributed by atoms with van der Waals surface area (Å²) in [5, 5.41) is 3.24. The first-order valence-corrected chi connectivity index (χ1v) is 7.41. The first kappa shape index (κ1) is 11.3. The van der Waals surface area contributed by atoms with Gasteiger partial charge >= 0.3 is 0 Å². The molecule has 4 unspecified atom stereocenters. The Labute approximate surface area is 114 Å². The molecule has 2 bridgehead atoms. The Morgan fingerprint density at radius 2 is 1.95 bits per heavy atom. The zero-order valence-electron chi connectivity index (χ0n) is 11.1. The van der Waals surface area contributed by atoms with E-state index in [1.807, 2.05) is 0 Å². The second-order valence-corrected chi connectivity index (χ2v) is 5.97. The lowest BCUT2D eigenvalue weighted by atomic mass is 9.80. The van der Waals surface area contributed by atoms with E-state index in [0.717, 1.165) is 31.0 Å². The van der Waals surface area contributed by atoms with Gasteiger partial charge in [-0.2, -0.15) is 0 Å². The van der Waals surface area contributed by atoms with Crippen molar-refractivity contribution < 1.29 is 4.74 Å². The third-order valence-electron chi connectivity index (χ3n) is 4.94. The molecule has 4 atom stereocenters. The molecule has 1 N–H and O–H groups in total. The zero-order chi connectivity index (χ0) is 12.7. The minimum Gasteiger partial charge on any atom is -0.463 e. The van der Waals surface area contributed by atoms with Crippen LogP contribution in [0, 0.1) is 11.8 Å².